The lowest BCUT2D eigenvalue weighted by Crippen LogP contribution is -2.33. The van der Waals surface area contributed by atoms with Gasteiger partial charge in [0.25, 0.3) is 0 Å². The lowest BCUT2D eigenvalue weighted by Gasteiger charge is -2.26. The Bertz CT molecular complexity index is 1100. The summed E-state index contributed by atoms with van der Waals surface area (Å²) in [5.41, 5.74) is 3.62. The van der Waals surface area contributed by atoms with E-state index in [2.05, 4.69) is 4.98 Å². The molecule has 0 radical (unpaired) electrons. The molecule has 4 aromatic rings. The lowest BCUT2D eigenvalue weighted by molar-refractivity contribution is -0.118. The Balaban J connectivity index is 1.62. The van der Waals surface area contributed by atoms with Crippen LogP contribution >= 0.6 is 0 Å². The Morgan fingerprint density at radius 3 is 2.19 bits per heavy atom. The van der Waals surface area contributed by atoms with Crippen LogP contribution in [0.15, 0.2) is 109 Å². The summed E-state index contributed by atoms with van der Waals surface area (Å²) in [5, 5.41) is 0. The largest absolute Gasteiger partial charge is 0.489 e. The van der Waals surface area contributed by atoms with Crippen molar-refractivity contribution in [2.75, 3.05) is 4.90 Å². The molecule has 0 aliphatic carbocycles. The second-order valence-corrected chi connectivity index (χ2v) is 7.19. The van der Waals surface area contributed by atoms with E-state index in [1.54, 1.807) is 6.20 Å². The third kappa shape index (κ3) is 5.58. The van der Waals surface area contributed by atoms with Crippen molar-refractivity contribution in [3.05, 3.63) is 126 Å². The van der Waals surface area contributed by atoms with Crippen molar-refractivity contribution >= 4 is 11.6 Å². The fraction of sp³-hybridized carbons (Fsp3) is 0.111. The normalized spacial score (nSPS) is 10.5. The molecule has 1 amide bonds. The third-order valence-electron chi connectivity index (χ3n) is 4.96. The summed E-state index contributed by atoms with van der Waals surface area (Å²) < 4.78 is 5.98. The summed E-state index contributed by atoms with van der Waals surface area (Å²) in [6.07, 6.45) is 1.95. The molecule has 0 aliphatic rings. The molecule has 4 nitrogen and oxygen atoms in total. The quantitative estimate of drug-likeness (QED) is 0.390. The van der Waals surface area contributed by atoms with E-state index in [1.807, 2.05) is 108 Å². The Kier molecular flexibility index (Phi) is 6.71. The Morgan fingerprint density at radius 1 is 0.774 bits per heavy atom. The van der Waals surface area contributed by atoms with Crippen LogP contribution in [-0.4, -0.2) is 10.9 Å². The molecule has 0 N–H and O–H groups in total. The minimum atomic E-state index is -0.00489. The monoisotopic (exact) mass is 408 g/mol. The van der Waals surface area contributed by atoms with Gasteiger partial charge in [-0.2, -0.15) is 0 Å². The molecule has 1 aromatic heterocycles. The highest BCUT2D eigenvalue weighted by Crippen LogP contribution is 2.25. The average Bonchev–Trinajstić information content (AvgIpc) is 2.83. The van der Waals surface area contributed by atoms with Gasteiger partial charge in [-0.3, -0.25) is 9.78 Å². The van der Waals surface area contributed by atoms with E-state index >= 15 is 0 Å². The van der Waals surface area contributed by atoms with E-state index in [0.29, 0.717) is 13.2 Å². The van der Waals surface area contributed by atoms with Gasteiger partial charge in [0, 0.05) is 17.5 Å². The first-order chi connectivity index (χ1) is 15.3. The molecule has 0 saturated heterocycles. The van der Waals surface area contributed by atoms with Crippen LogP contribution in [0.25, 0.3) is 0 Å². The SMILES string of the molecule is O=C(Cc1ccccn1)N(Cc1ccccc1)c1ccccc1COc1ccccc1. The van der Waals surface area contributed by atoms with E-state index in [1.165, 1.54) is 0 Å². The topological polar surface area (TPSA) is 42.4 Å². The molecule has 0 bridgehead atoms. The first-order valence-corrected chi connectivity index (χ1v) is 10.3. The molecule has 3 aromatic carbocycles. The number of para-hydroxylation sites is 2. The van der Waals surface area contributed by atoms with Crippen LogP contribution in [0.3, 0.4) is 0 Å². The van der Waals surface area contributed by atoms with Gasteiger partial charge in [-0.25, -0.2) is 0 Å². The Hall–Kier alpha value is -3.92. The van der Waals surface area contributed by atoms with Crippen LogP contribution in [0, 0.1) is 0 Å². The van der Waals surface area contributed by atoms with Crippen LogP contribution in [-0.2, 0) is 24.4 Å². The summed E-state index contributed by atoms with van der Waals surface area (Å²) >= 11 is 0. The molecule has 0 aliphatic heterocycles. The van der Waals surface area contributed by atoms with Crippen LogP contribution in [0.1, 0.15) is 16.8 Å². The van der Waals surface area contributed by atoms with Gasteiger partial charge in [0.2, 0.25) is 5.91 Å². The maximum atomic E-state index is 13.4. The summed E-state index contributed by atoms with van der Waals surface area (Å²) in [5.74, 6) is 0.793. The number of ether oxygens (including phenoxy) is 1. The van der Waals surface area contributed by atoms with Crippen LogP contribution in [0.2, 0.25) is 0 Å². The number of rotatable bonds is 8. The zero-order chi connectivity index (χ0) is 21.3. The molecule has 0 saturated carbocycles. The second kappa shape index (κ2) is 10.2. The maximum absolute atomic E-state index is 13.4. The average molecular weight is 409 g/mol. The van der Waals surface area contributed by atoms with Crippen molar-refractivity contribution in [1.29, 1.82) is 0 Å². The van der Waals surface area contributed by atoms with Gasteiger partial charge in [-0.05, 0) is 35.9 Å². The smallest absolute Gasteiger partial charge is 0.233 e. The lowest BCUT2D eigenvalue weighted by atomic mass is 10.1. The number of aromatic nitrogens is 1. The van der Waals surface area contributed by atoms with Gasteiger partial charge in [0.1, 0.15) is 12.4 Å². The zero-order valence-corrected chi connectivity index (χ0v) is 17.2. The van der Waals surface area contributed by atoms with Gasteiger partial charge >= 0.3 is 0 Å². The molecule has 1 heterocycles. The number of amides is 1. The highest BCUT2D eigenvalue weighted by molar-refractivity contribution is 5.95. The number of carbonyl (C=O) groups is 1. The summed E-state index contributed by atoms with van der Waals surface area (Å²) in [7, 11) is 0. The standard InChI is InChI=1S/C27H24N2O2/c30-27(19-24-14-9-10-18-28-24)29(20-22-11-3-1-4-12-22)26-17-8-7-13-23(26)21-31-25-15-5-2-6-16-25/h1-18H,19-21H2. The van der Waals surface area contributed by atoms with Gasteiger partial charge < -0.3 is 9.64 Å². The fourth-order valence-electron chi connectivity index (χ4n) is 3.40. The first kappa shape index (κ1) is 20.4. The predicted octanol–water partition coefficient (Wildman–Crippen LogP) is 5.44. The number of carbonyl (C=O) groups excluding carboxylic acids is 1. The third-order valence-corrected chi connectivity index (χ3v) is 4.96. The molecule has 0 atom stereocenters. The van der Waals surface area contributed by atoms with Gasteiger partial charge in [0.05, 0.1) is 18.7 Å². The molecule has 31 heavy (non-hydrogen) atoms. The van der Waals surface area contributed by atoms with Crippen molar-refractivity contribution in [1.82, 2.24) is 4.98 Å². The maximum Gasteiger partial charge on any atom is 0.233 e. The number of pyridine rings is 1. The van der Waals surface area contributed by atoms with Crippen LogP contribution in [0.5, 0.6) is 5.75 Å². The summed E-state index contributed by atoms with van der Waals surface area (Å²) in [6, 6.07) is 33.2. The van der Waals surface area contributed by atoms with E-state index in [-0.39, 0.29) is 12.3 Å². The highest BCUT2D eigenvalue weighted by atomic mass is 16.5. The van der Waals surface area contributed by atoms with E-state index in [4.69, 9.17) is 4.74 Å². The van der Waals surface area contributed by atoms with Gasteiger partial charge in [-0.15, -0.1) is 0 Å². The summed E-state index contributed by atoms with van der Waals surface area (Å²) in [4.78, 5) is 19.5. The molecular weight excluding hydrogens is 384 g/mol. The van der Waals surface area contributed by atoms with E-state index in [9.17, 15) is 4.79 Å². The Labute approximate surface area is 182 Å². The minimum absolute atomic E-state index is 0.00489. The van der Waals surface area contributed by atoms with E-state index in [0.717, 1.165) is 28.3 Å². The molecule has 4 heteroatoms. The van der Waals surface area contributed by atoms with Crippen molar-refractivity contribution in [2.24, 2.45) is 0 Å². The molecule has 0 unspecified atom stereocenters. The number of hydrogen-bond acceptors (Lipinski definition) is 3. The van der Waals surface area contributed by atoms with Crippen LogP contribution in [0.4, 0.5) is 5.69 Å². The van der Waals surface area contributed by atoms with Gasteiger partial charge in [0.15, 0.2) is 0 Å². The molecule has 0 fully saturated rings. The zero-order valence-electron chi connectivity index (χ0n) is 17.2. The molecular formula is C27H24N2O2. The van der Waals surface area contributed by atoms with Crippen molar-refractivity contribution in [3.63, 3.8) is 0 Å². The van der Waals surface area contributed by atoms with Crippen LogP contribution < -0.4 is 9.64 Å². The van der Waals surface area contributed by atoms with Crippen molar-refractivity contribution in [2.45, 2.75) is 19.6 Å². The second-order valence-electron chi connectivity index (χ2n) is 7.19. The number of nitrogens with zero attached hydrogens (tertiary/aromatic N) is 2. The number of benzene rings is 3. The van der Waals surface area contributed by atoms with Crippen molar-refractivity contribution in [3.8, 4) is 5.75 Å². The fourth-order valence-corrected chi connectivity index (χ4v) is 3.40. The minimum Gasteiger partial charge on any atom is -0.489 e. The molecule has 154 valence electrons. The predicted molar refractivity (Wildman–Crippen MR) is 123 cm³/mol. The Morgan fingerprint density at radius 2 is 1.45 bits per heavy atom. The van der Waals surface area contributed by atoms with Gasteiger partial charge in [-0.1, -0.05) is 72.8 Å². The number of hydrogen-bond donors (Lipinski definition) is 0. The van der Waals surface area contributed by atoms with Crippen molar-refractivity contribution < 1.29 is 9.53 Å². The first-order valence-electron chi connectivity index (χ1n) is 10.3. The highest BCUT2D eigenvalue weighted by Gasteiger charge is 2.20. The summed E-state index contributed by atoms with van der Waals surface area (Å²) in [6.45, 7) is 0.858. The molecule has 0 spiro atoms. The molecule has 4 rings (SSSR count). The number of anilines is 1. The van der Waals surface area contributed by atoms with E-state index < -0.39 is 0 Å².